The van der Waals surface area contributed by atoms with Crippen molar-refractivity contribution in [1.82, 2.24) is 10.2 Å². The van der Waals surface area contributed by atoms with Crippen LogP contribution in [0.3, 0.4) is 0 Å². The summed E-state index contributed by atoms with van der Waals surface area (Å²) in [6, 6.07) is 15.7. The number of anilines is 1. The van der Waals surface area contributed by atoms with Crippen molar-refractivity contribution in [3.05, 3.63) is 94.3 Å². The van der Waals surface area contributed by atoms with Crippen molar-refractivity contribution in [1.29, 1.82) is 0 Å². The van der Waals surface area contributed by atoms with Crippen LogP contribution < -0.4 is 19.1 Å². The Hall–Kier alpha value is -4.42. The normalized spacial score (nSPS) is 18.2. The molecule has 1 fully saturated rings. The van der Waals surface area contributed by atoms with Crippen LogP contribution in [0.5, 0.6) is 17.2 Å². The highest BCUT2D eigenvalue weighted by atomic mass is 32.2. The van der Waals surface area contributed by atoms with E-state index in [1.54, 1.807) is 48.5 Å². The van der Waals surface area contributed by atoms with Crippen LogP contribution in [0.15, 0.2) is 70.6 Å². The number of carbonyl (C=O) groups excluding carboxylic acids is 2. The molecule has 3 aromatic carbocycles. The zero-order chi connectivity index (χ0) is 33.8. The number of hydrogen-bond donors (Lipinski definition) is 1. The lowest BCUT2D eigenvalue weighted by molar-refractivity contribution is -0.132. The molecule has 12 heteroatoms. The first-order valence-corrected chi connectivity index (χ1v) is 17.8. The number of Topliss-reactive ketones (excluding diaryl/α,β-unsaturated/α-hetero) is 1. The number of rotatable bonds is 13. The lowest BCUT2D eigenvalue weighted by Crippen LogP contribution is -2.29. The number of aliphatic hydroxyl groups is 1. The molecule has 0 aliphatic carbocycles. The third kappa shape index (κ3) is 7.05. The number of fused-ring (bicyclic) bond motifs is 1. The van der Waals surface area contributed by atoms with Crippen LogP contribution in [0, 0.1) is 5.82 Å². The first-order valence-electron chi connectivity index (χ1n) is 16.0. The van der Waals surface area contributed by atoms with E-state index in [0.717, 1.165) is 47.5 Å². The summed E-state index contributed by atoms with van der Waals surface area (Å²) >= 11 is 2.54. The van der Waals surface area contributed by atoms with Gasteiger partial charge >= 0.3 is 5.91 Å². The molecule has 1 N–H and O–H groups in total. The van der Waals surface area contributed by atoms with Crippen molar-refractivity contribution < 1.29 is 33.3 Å². The molecule has 1 saturated heterocycles. The standard InChI is InChI=1S/C36H36FN3O6S2/c1-4-6-7-16-45-28-15-10-23(19-29(28)44-5-2)31-30(32(41)24-11-14-27-25(18-24)17-21(3)46-27)33(42)34(43)40(31)35-38-39-36(48-35)47-20-22-8-12-26(37)13-9-22/h8-15,18-19,21,31,41H,4-7,16-17,20H2,1-3H3/b32-30+/t21-,31-/m0/s1. The van der Waals surface area contributed by atoms with Crippen LogP contribution in [-0.4, -0.2) is 46.3 Å². The first-order chi connectivity index (χ1) is 23.3. The van der Waals surface area contributed by atoms with E-state index >= 15 is 0 Å². The number of unbranched alkanes of at least 4 members (excludes halogenated alkanes) is 2. The van der Waals surface area contributed by atoms with Gasteiger partial charge in [0.05, 0.1) is 24.8 Å². The molecule has 2 aliphatic rings. The molecule has 4 aromatic rings. The molecule has 0 saturated carbocycles. The van der Waals surface area contributed by atoms with Gasteiger partial charge < -0.3 is 19.3 Å². The minimum atomic E-state index is -1.02. The van der Waals surface area contributed by atoms with Gasteiger partial charge in [-0.05, 0) is 79.4 Å². The summed E-state index contributed by atoms with van der Waals surface area (Å²) in [5.74, 6) is -0.0215. The van der Waals surface area contributed by atoms with Gasteiger partial charge in [-0.25, -0.2) is 4.39 Å². The minimum Gasteiger partial charge on any atom is -0.507 e. The van der Waals surface area contributed by atoms with Crippen LogP contribution >= 0.6 is 23.1 Å². The van der Waals surface area contributed by atoms with E-state index < -0.39 is 17.7 Å². The predicted octanol–water partition coefficient (Wildman–Crippen LogP) is 7.89. The topological polar surface area (TPSA) is 111 Å². The highest BCUT2D eigenvalue weighted by Gasteiger charge is 2.48. The molecule has 0 unspecified atom stereocenters. The van der Waals surface area contributed by atoms with Gasteiger partial charge in [-0.1, -0.05) is 61.1 Å². The highest BCUT2D eigenvalue weighted by molar-refractivity contribution is 8.00. The van der Waals surface area contributed by atoms with Gasteiger partial charge in [0.25, 0.3) is 5.78 Å². The number of nitrogens with zero attached hydrogens (tertiary/aromatic N) is 3. The highest BCUT2D eigenvalue weighted by Crippen LogP contribution is 2.46. The number of carbonyl (C=O) groups is 2. The monoisotopic (exact) mass is 689 g/mol. The maximum absolute atomic E-state index is 13.8. The van der Waals surface area contributed by atoms with Crippen LogP contribution in [0.4, 0.5) is 9.52 Å². The number of halogens is 1. The van der Waals surface area contributed by atoms with Gasteiger partial charge in [-0.15, -0.1) is 10.2 Å². The van der Waals surface area contributed by atoms with E-state index in [2.05, 4.69) is 17.1 Å². The Balaban J connectivity index is 1.39. The maximum atomic E-state index is 13.8. The number of aliphatic hydroxyl groups excluding tert-OH is 1. The van der Waals surface area contributed by atoms with E-state index in [-0.39, 0.29) is 28.4 Å². The SMILES string of the molecule is CCCCCOc1ccc([C@H]2/C(=C(\O)c3ccc4c(c3)C[C@H](C)O4)C(=O)C(=O)N2c2nnc(SCc3ccc(F)cc3)s2)cc1OCC. The maximum Gasteiger partial charge on any atom is 0.301 e. The summed E-state index contributed by atoms with van der Waals surface area (Å²) < 4.78 is 31.8. The molecule has 0 spiro atoms. The summed E-state index contributed by atoms with van der Waals surface area (Å²) in [7, 11) is 0. The number of aromatic nitrogens is 2. The molecule has 2 atom stereocenters. The molecule has 250 valence electrons. The van der Waals surface area contributed by atoms with Crippen LogP contribution in [-0.2, 0) is 21.8 Å². The summed E-state index contributed by atoms with van der Waals surface area (Å²) in [4.78, 5) is 28.9. The summed E-state index contributed by atoms with van der Waals surface area (Å²) in [6.07, 6.45) is 3.65. The smallest absolute Gasteiger partial charge is 0.301 e. The molecule has 0 radical (unpaired) electrons. The zero-order valence-electron chi connectivity index (χ0n) is 26.9. The minimum absolute atomic E-state index is 0.00445. The van der Waals surface area contributed by atoms with E-state index in [4.69, 9.17) is 14.2 Å². The fraction of sp³-hybridized carbons (Fsp3) is 0.333. The third-order valence-corrected chi connectivity index (χ3v) is 10.2. The summed E-state index contributed by atoms with van der Waals surface area (Å²) in [5, 5.41) is 20.5. The van der Waals surface area contributed by atoms with Crippen molar-refractivity contribution in [3.8, 4) is 17.2 Å². The Morgan fingerprint density at radius 2 is 1.85 bits per heavy atom. The molecule has 2 aliphatic heterocycles. The molecule has 0 bridgehead atoms. The number of amides is 1. The second kappa shape index (κ2) is 14.8. The Morgan fingerprint density at radius 3 is 2.62 bits per heavy atom. The molecule has 48 heavy (non-hydrogen) atoms. The average molecular weight is 690 g/mol. The predicted molar refractivity (Wildman–Crippen MR) is 184 cm³/mol. The fourth-order valence-electron chi connectivity index (χ4n) is 5.77. The first kappa shape index (κ1) is 33.5. The van der Waals surface area contributed by atoms with Crippen LogP contribution in [0.1, 0.15) is 68.3 Å². The quantitative estimate of drug-likeness (QED) is 0.0374. The number of thioether (sulfide) groups is 1. The Bertz CT molecular complexity index is 1840. The Labute approximate surface area is 286 Å². The lowest BCUT2D eigenvalue weighted by atomic mass is 9.94. The van der Waals surface area contributed by atoms with Crippen molar-refractivity contribution in [3.63, 3.8) is 0 Å². The van der Waals surface area contributed by atoms with Gasteiger partial charge in [0, 0.05) is 17.7 Å². The zero-order valence-corrected chi connectivity index (χ0v) is 28.5. The molecule has 9 nitrogen and oxygen atoms in total. The number of ketones is 1. The van der Waals surface area contributed by atoms with Gasteiger partial charge in [0.1, 0.15) is 23.4 Å². The second-order valence-corrected chi connectivity index (χ2v) is 13.8. The van der Waals surface area contributed by atoms with Gasteiger partial charge in [-0.3, -0.25) is 14.5 Å². The molecule has 1 amide bonds. The molecular weight excluding hydrogens is 654 g/mol. The molecular formula is C36H36FN3O6S2. The summed E-state index contributed by atoms with van der Waals surface area (Å²) in [5.41, 5.74) is 2.68. The van der Waals surface area contributed by atoms with Crippen molar-refractivity contribution in [2.75, 3.05) is 18.1 Å². The second-order valence-electron chi connectivity index (χ2n) is 11.6. The Morgan fingerprint density at radius 1 is 1.04 bits per heavy atom. The summed E-state index contributed by atoms with van der Waals surface area (Å²) in [6.45, 7) is 6.85. The van der Waals surface area contributed by atoms with Crippen LogP contribution in [0.2, 0.25) is 0 Å². The molecule has 3 heterocycles. The Kier molecular flexibility index (Phi) is 10.3. The van der Waals surface area contributed by atoms with Crippen molar-refractivity contribution in [2.45, 2.75) is 68.7 Å². The lowest BCUT2D eigenvalue weighted by Gasteiger charge is -2.23. The van der Waals surface area contributed by atoms with Crippen molar-refractivity contribution in [2.24, 2.45) is 0 Å². The number of ether oxygens (including phenoxy) is 3. The van der Waals surface area contributed by atoms with E-state index in [1.807, 2.05) is 13.8 Å². The van der Waals surface area contributed by atoms with Crippen LogP contribution in [0.25, 0.3) is 5.76 Å². The van der Waals surface area contributed by atoms with E-state index in [0.29, 0.717) is 52.4 Å². The van der Waals surface area contributed by atoms with E-state index in [1.165, 1.54) is 28.8 Å². The number of hydrogen-bond acceptors (Lipinski definition) is 10. The van der Waals surface area contributed by atoms with Gasteiger partial charge in [-0.2, -0.15) is 0 Å². The molecule has 6 rings (SSSR count). The van der Waals surface area contributed by atoms with Gasteiger partial charge in [0.2, 0.25) is 5.13 Å². The van der Waals surface area contributed by atoms with Crippen molar-refractivity contribution >= 4 is 45.7 Å². The third-order valence-electron chi connectivity index (χ3n) is 8.08. The fourth-order valence-corrected chi connectivity index (χ4v) is 7.59. The largest absolute Gasteiger partial charge is 0.507 e. The number of benzene rings is 3. The van der Waals surface area contributed by atoms with Gasteiger partial charge in [0.15, 0.2) is 15.8 Å². The average Bonchev–Trinajstić information content (AvgIpc) is 3.77. The van der Waals surface area contributed by atoms with E-state index in [9.17, 15) is 19.1 Å². The molecule has 1 aromatic heterocycles.